The summed E-state index contributed by atoms with van der Waals surface area (Å²) in [5.74, 6) is 0. The molecule has 1 aliphatic rings. The molecule has 9 heavy (non-hydrogen) atoms. The number of carbonyl (C=O) groups is 1. The standard InChI is InChI=1S/C3H6N2.CH4N2O/c1-2-5-3-4-1;2-1(3)4/h3H,1-2H2,(H,4,5);(H4,2,3,4)/p+1. The number of amides is 2. The highest BCUT2D eigenvalue weighted by molar-refractivity contribution is 5.69. The van der Waals surface area contributed by atoms with Crippen molar-refractivity contribution in [3.05, 3.63) is 0 Å². The summed E-state index contributed by atoms with van der Waals surface area (Å²) < 4.78 is 0. The van der Waals surface area contributed by atoms with Crippen LogP contribution in [0.25, 0.3) is 0 Å². The van der Waals surface area contributed by atoms with Crippen molar-refractivity contribution in [3.8, 4) is 0 Å². The second kappa shape index (κ2) is 5.04. The van der Waals surface area contributed by atoms with Crippen LogP contribution in [-0.4, -0.2) is 25.5 Å². The Bertz CT molecular complexity index is 101. The van der Waals surface area contributed by atoms with Crippen LogP contribution in [0.1, 0.15) is 0 Å². The summed E-state index contributed by atoms with van der Waals surface area (Å²) in [4.78, 5) is 12.9. The molecule has 0 aromatic rings. The molecule has 0 spiro atoms. The summed E-state index contributed by atoms with van der Waals surface area (Å²) in [7, 11) is 0. The highest BCUT2D eigenvalue weighted by Gasteiger charge is 1.88. The molecule has 0 saturated heterocycles. The monoisotopic (exact) mass is 131 g/mol. The SMILES string of the molecule is C1=NCC[NH2+]1.NC(N)=O. The van der Waals surface area contributed by atoms with Gasteiger partial charge in [0.1, 0.15) is 6.54 Å². The fourth-order valence-corrected chi connectivity index (χ4v) is 0.373. The number of primary amides is 2. The zero-order chi connectivity index (χ0) is 7.11. The van der Waals surface area contributed by atoms with E-state index in [2.05, 4.69) is 21.8 Å². The van der Waals surface area contributed by atoms with Crippen molar-refractivity contribution in [2.45, 2.75) is 0 Å². The Morgan fingerprint density at radius 2 is 2.22 bits per heavy atom. The van der Waals surface area contributed by atoms with E-state index in [9.17, 15) is 0 Å². The van der Waals surface area contributed by atoms with Gasteiger partial charge < -0.3 is 16.8 Å². The molecule has 0 bridgehead atoms. The molecule has 6 N–H and O–H groups in total. The van der Waals surface area contributed by atoms with Crippen molar-refractivity contribution < 1.29 is 10.1 Å². The minimum absolute atomic E-state index is 0.833. The summed E-state index contributed by atoms with van der Waals surface area (Å²) >= 11 is 0. The van der Waals surface area contributed by atoms with E-state index in [1.165, 1.54) is 0 Å². The molecule has 0 aromatic carbocycles. The Kier molecular flexibility index (Phi) is 4.43. The van der Waals surface area contributed by atoms with Crippen molar-refractivity contribution in [2.75, 3.05) is 13.1 Å². The molecular weight excluding hydrogens is 120 g/mol. The lowest BCUT2D eigenvalue weighted by Crippen LogP contribution is -2.80. The van der Waals surface area contributed by atoms with Crippen LogP contribution in [0, 0.1) is 0 Å². The molecule has 0 fully saturated rings. The van der Waals surface area contributed by atoms with E-state index < -0.39 is 6.03 Å². The number of urea groups is 1. The van der Waals surface area contributed by atoms with E-state index in [0.717, 1.165) is 13.1 Å². The van der Waals surface area contributed by atoms with Crippen molar-refractivity contribution >= 4 is 12.4 Å². The van der Waals surface area contributed by atoms with Gasteiger partial charge in [-0.1, -0.05) is 0 Å². The summed E-state index contributed by atoms with van der Waals surface area (Å²) in [6.07, 6.45) is 1.86. The summed E-state index contributed by atoms with van der Waals surface area (Å²) in [5, 5.41) is 2.07. The number of carbonyl (C=O) groups excluding carboxylic acids is 1. The normalized spacial score (nSPS) is 14.2. The quantitative estimate of drug-likeness (QED) is 0.336. The summed E-state index contributed by atoms with van der Waals surface area (Å²) in [6.45, 7) is 2.17. The Hall–Kier alpha value is -1.10. The zero-order valence-corrected chi connectivity index (χ0v) is 5.08. The van der Waals surface area contributed by atoms with Gasteiger partial charge in [-0.2, -0.15) is 0 Å². The highest BCUT2D eigenvalue weighted by atomic mass is 16.2. The van der Waals surface area contributed by atoms with E-state index in [-0.39, 0.29) is 0 Å². The minimum atomic E-state index is -0.833. The molecule has 1 aliphatic heterocycles. The van der Waals surface area contributed by atoms with Crippen LogP contribution in [0.2, 0.25) is 0 Å². The maximum absolute atomic E-state index is 9.00. The maximum atomic E-state index is 9.00. The van der Waals surface area contributed by atoms with Crippen molar-refractivity contribution in [1.29, 1.82) is 0 Å². The molecule has 0 saturated carbocycles. The average molecular weight is 131 g/mol. The molecular formula is C4H11N4O+. The molecule has 52 valence electrons. The molecule has 0 aliphatic carbocycles. The first kappa shape index (κ1) is 7.90. The molecule has 0 aromatic heterocycles. The lowest BCUT2D eigenvalue weighted by Gasteiger charge is -1.68. The molecule has 2 amide bonds. The highest BCUT2D eigenvalue weighted by Crippen LogP contribution is 1.59. The van der Waals surface area contributed by atoms with Gasteiger partial charge in [-0.25, -0.2) is 9.79 Å². The van der Waals surface area contributed by atoms with Gasteiger partial charge in [-0.15, -0.1) is 0 Å². The van der Waals surface area contributed by atoms with Crippen molar-refractivity contribution in [2.24, 2.45) is 16.5 Å². The second-order valence-corrected chi connectivity index (χ2v) is 1.48. The Morgan fingerprint density at radius 3 is 2.33 bits per heavy atom. The Morgan fingerprint density at radius 1 is 1.67 bits per heavy atom. The molecule has 5 heteroatoms. The van der Waals surface area contributed by atoms with E-state index in [0.29, 0.717) is 0 Å². The number of hydrogen-bond donors (Lipinski definition) is 3. The van der Waals surface area contributed by atoms with Gasteiger partial charge >= 0.3 is 6.03 Å². The fourth-order valence-electron chi connectivity index (χ4n) is 0.373. The fraction of sp³-hybridized carbons (Fsp3) is 0.500. The smallest absolute Gasteiger partial charge is 0.309 e. The van der Waals surface area contributed by atoms with E-state index in [1.807, 2.05) is 6.34 Å². The number of nitrogens with zero attached hydrogens (tertiary/aromatic N) is 1. The summed E-state index contributed by atoms with van der Waals surface area (Å²) in [5.41, 5.74) is 8.50. The predicted molar refractivity (Wildman–Crippen MR) is 33.9 cm³/mol. The molecule has 0 unspecified atom stereocenters. The first-order valence-electron chi connectivity index (χ1n) is 2.60. The largest absolute Gasteiger partial charge is 0.352 e. The number of quaternary nitrogens is 1. The van der Waals surface area contributed by atoms with E-state index in [1.54, 1.807) is 0 Å². The van der Waals surface area contributed by atoms with E-state index in [4.69, 9.17) is 4.79 Å². The van der Waals surface area contributed by atoms with Crippen LogP contribution in [0.3, 0.4) is 0 Å². The average Bonchev–Trinajstić information content (AvgIpc) is 2.11. The van der Waals surface area contributed by atoms with Gasteiger partial charge in [0.2, 0.25) is 0 Å². The van der Waals surface area contributed by atoms with Gasteiger partial charge in [-0.3, -0.25) is 0 Å². The molecule has 0 atom stereocenters. The van der Waals surface area contributed by atoms with Crippen LogP contribution in [0.4, 0.5) is 4.79 Å². The Labute approximate surface area is 53.1 Å². The minimum Gasteiger partial charge on any atom is -0.352 e. The second-order valence-electron chi connectivity index (χ2n) is 1.48. The molecule has 5 nitrogen and oxygen atoms in total. The third-order valence-electron chi connectivity index (χ3n) is 0.636. The summed E-state index contributed by atoms with van der Waals surface area (Å²) in [6, 6.07) is -0.833. The third-order valence-corrected chi connectivity index (χ3v) is 0.636. The van der Waals surface area contributed by atoms with Crippen LogP contribution in [0.15, 0.2) is 4.99 Å². The topological polar surface area (TPSA) is 98.1 Å². The first-order chi connectivity index (χ1) is 4.23. The maximum Gasteiger partial charge on any atom is 0.309 e. The first-order valence-corrected chi connectivity index (χ1v) is 2.60. The van der Waals surface area contributed by atoms with Crippen molar-refractivity contribution in [3.63, 3.8) is 0 Å². The van der Waals surface area contributed by atoms with Crippen LogP contribution >= 0.6 is 0 Å². The molecule has 1 rings (SSSR count). The predicted octanol–water partition coefficient (Wildman–Crippen LogP) is -2.38. The van der Waals surface area contributed by atoms with Gasteiger partial charge in [0.15, 0.2) is 6.34 Å². The van der Waals surface area contributed by atoms with Gasteiger partial charge in [0.25, 0.3) is 0 Å². The molecule has 1 heterocycles. The number of nitrogens with two attached hydrogens (primary N) is 3. The van der Waals surface area contributed by atoms with Crippen LogP contribution in [0.5, 0.6) is 0 Å². The lowest BCUT2D eigenvalue weighted by molar-refractivity contribution is -0.518. The zero-order valence-electron chi connectivity index (χ0n) is 5.08. The van der Waals surface area contributed by atoms with Gasteiger partial charge in [0.05, 0.1) is 6.54 Å². The lowest BCUT2D eigenvalue weighted by atomic mass is 10.7. The van der Waals surface area contributed by atoms with Crippen molar-refractivity contribution in [1.82, 2.24) is 0 Å². The third kappa shape index (κ3) is 10.9. The van der Waals surface area contributed by atoms with Crippen LogP contribution in [-0.2, 0) is 0 Å². The molecule has 0 radical (unpaired) electrons. The van der Waals surface area contributed by atoms with Gasteiger partial charge in [-0.05, 0) is 0 Å². The number of hydrogen-bond acceptors (Lipinski definition) is 2. The van der Waals surface area contributed by atoms with E-state index >= 15 is 0 Å². The number of rotatable bonds is 0. The van der Waals surface area contributed by atoms with Crippen LogP contribution < -0.4 is 16.8 Å². The number of aliphatic imine (C=N–C) groups is 1. The van der Waals surface area contributed by atoms with Gasteiger partial charge in [0, 0.05) is 0 Å². The Balaban J connectivity index is 0.000000148.